The van der Waals surface area contributed by atoms with Crippen LogP contribution in [0.4, 0.5) is 0 Å². The molecule has 7 rings (SSSR count). The fourth-order valence-electron chi connectivity index (χ4n) is 11.1. The number of aromatic hydroxyl groups is 1. The molecule has 6 aromatic rings. The zero-order valence-electron chi connectivity index (χ0n) is 56.8. The topological polar surface area (TPSA) is 443 Å². The van der Waals surface area contributed by atoms with Crippen LogP contribution in [0.1, 0.15) is 73.8 Å². The zero-order chi connectivity index (χ0) is 72.6. The highest BCUT2D eigenvalue weighted by molar-refractivity contribution is 9.10. The normalized spacial score (nSPS) is 15.6. The summed E-state index contributed by atoms with van der Waals surface area (Å²) < 4.78 is 27.4. The molecule has 27 nitrogen and oxygen atoms in total. The highest BCUT2D eigenvalue weighted by Crippen LogP contribution is 2.23. The molecule has 0 saturated carbocycles. The number of guanidine groups is 1. The van der Waals surface area contributed by atoms with E-state index in [1.54, 1.807) is 129 Å². The second kappa shape index (κ2) is 36.6. The number of fused-ring (bicyclic) bond motifs is 1. The molecule has 1 fully saturated rings. The molecule has 28 heteroatoms. The number of aromatic amines is 1. The number of primary amides is 1. The number of nitrogens with zero attached hydrogens (tertiary/aromatic N) is 2. The van der Waals surface area contributed by atoms with Gasteiger partial charge in [-0.2, -0.15) is 0 Å². The minimum atomic E-state index is -2.01. The molecule has 97 heavy (non-hydrogen) atoms. The third kappa shape index (κ3) is 23.0. The van der Waals surface area contributed by atoms with E-state index in [1.165, 1.54) is 29.2 Å². The summed E-state index contributed by atoms with van der Waals surface area (Å²) in [6, 6.07) is 22.7. The fraction of sp³-hybridized carbons (Fsp3) is 0.377. The second-order valence-electron chi connectivity index (χ2n) is 24.1. The number of hydrogen-bond donors (Lipinski definition) is 15. The van der Waals surface area contributed by atoms with E-state index in [4.69, 9.17) is 18.6 Å². The SMILES string of the molecule is [2H]N[C@H](Cc1ccccc1)C(=O)N([2H])[C@@H](Cc1ccc(Br)cc1)C(=O)N[C@@H](Cc1c[nH]c2ccccc12)C(=O)N[C@@H](CO)C(=O)N([2H])[C@@H](Cc1ccc(O)cc1)C(=O)N[C@@H](Cc1ccccc1)C(=O)N[C@@H](CC(C)C)C(=O)N[C@@H](CCCN=C(N)N)C(=O)N1CCC[C@H]1C(=O)NCC(N)=O. The predicted octanol–water partition coefficient (Wildman–Crippen LogP) is 0.555. The van der Waals surface area contributed by atoms with Gasteiger partial charge in [-0.25, -0.2) is 0 Å². The summed E-state index contributed by atoms with van der Waals surface area (Å²) in [4.78, 5) is 151. The van der Waals surface area contributed by atoms with Gasteiger partial charge in [0.25, 0.3) is 0 Å². The highest BCUT2D eigenvalue weighted by atomic mass is 79.9. The van der Waals surface area contributed by atoms with Crippen molar-refractivity contribution in [3.8, 4) is 5.75 Å². The lowest BCUT2D eigenvalue weighted by molar-refractivity contribution is -0.142. The largest absolute Gasteiger partial charge is 0.508 e. The van der Waals surface area contributed by atoms with Crippen molar-refractivity contribution in [2.75, 3.05) is 26.2 Å². The number of hydrogen-bond acceptors (Lipinski definition) is 14. The van der Waals surface area contributed by atoms with Gasteiger partial charge < -0.3 is 85.5 Å². The van der Waals surface area contributed by atoms with E-state index in [1.807, 2.05) is 0 Å². The Labute approximate surface area is 574 Å². The number of phenols is 1. The summed E-state index contributed by atoms with van der Waals surface area (Å²) >= 11 is 3.40. The summed E-state index contributed by atoms with van der Waals surface area (Å²) in [7, 11) is 0. The summed E-state index contributed by atoms with van der Waals surface area (Å²) in [6.07, 6.45) is 1.19. The van der Waals surface area contributed by atoms with E-state index in [-0.39, 0.29) is 87.4 Å². The maximum Gasteiger partial charge on any atom is 0.245 e. The lowest BCUT2D eigenvalue weighted by Gasteiger charge is -2.30. The lowest BCUT2D eigenvalue weighted by Crippen LogP contribution is -2.61. The molecule has 2 heterocycles. The van der Waals surface area contributed by atoms with Crippen LogP contribution < -0.4 is 65.4 Å². The summed E-state index contributed by atoms with van der Waals surface area (Å²) in [5.74, 6) is -9.89. The van der Waals surface area contributed by atoms with Crippen molar-refractivity contribution in [1.29, 1.82) is 0 Å². The van der Waals surface area contributed by atoms with Gasteiger partial charge in [0.15, 0.2) is 8.78 Å². The van der Waals surface area contributed by atoms with Crippen molar-refractivity contribution in [3.63, 3.8) is 0 Å². The minimum Gasteiger partial charge on any atom is -0.508 e. The first-order valence-corrected chi connectivity index (χ1v) is 32.6. The number of carbonyl (C=O) groups excluding carboxylic acids is 10. The number of aliphatic imine (C=N–C) groups is 1. The molecule has 19 N–H and O–H groups in total. The van der Waals surface area contributed by atoms with Crippen molar-refractivity contribution in [3.05, 3.63) is 172 Å². The van der Waals surface area contributed by atoms with Crippen LogP contribution in [0.15, 0.2) is 149 Å². The number of nitrogens with two attached hydrogens (primary N) is 4. The monoisotopic (exact) mass is 1400 g/mol. The minimum absolute atomic E-state index is 0.00558. The molecule has 0 unspecified atom stereocenters. The van der Waals surface area contributed by atoms with Crippen LogP contribution in [0.25, 0.3) is 10.9 Å². The fourth-order valence-corrected chi connectivity index (χ4v) is 11.4. The number of para-hydroxylation sites is 1. The average Bonchev–Trinajstić information content (AvgIpc) is 1.17. The molecular formula is C69H86BrN15O12. The summed E-state index contributed by atoms with van der Waals surface area (Å²) in [5.41, 5.74) is 21.8. The van der Waals surface area contributed by atoms with E-state index in [9.17, 15) is 56.2 Å². The number of halogens is 1. The van der Waals surface area contributed by atoms with E-state index in [0.29, 0.717) is 54.9 Å². The Kier molecular flexibility index (Phi) is 26.3. The lowest BCUT2D eigenvalue weighted by atomic mass is 9.99. The average molecular weight is 1400 g/mol. The first kappa shape index (κ1) is 69.6. The van der Waals surface area contributed by atoms with Gasteiger partial charge in [0.2, 0.25) is 59.1 Å². The Morgan fingerprint density at radius 1 is 0.619 bits per heavy atom. The molecule has 1 saturated heterocycles. The zero-order valence-corrected chi connectivity index (χ0v) is 55.4. The Morgan fingerprint density at radius 3 is 1.71 bits per heavy atom. The molecule has 516 valence electrons. The Morgan fingerprint density at radius 2 is 1.12 bits per heavy atom. The van der Waals surface area contributed by atoms with Crippen LogP contribution in [0, 0.1) is 5.92 Å². The first-order valence-electron chi connectivity index (χ1n) is 33.2. The number of nitrogens with one attached hydrogen (secondary N) is 9. The van der Waals surface area contributed by atoms with Crippen molar-refractivity contribution in [2.24, 2.45) is 33.8 Å². The molecule has 9 atom stereocenters. The number of benzene rings is 5. The molecule has 1 aliphatic heterocycles. The number of likely N-dealkylation sites (tertiary alicyclic amines) is 1. The molecule has 5 aromatic carbocycles. The Bertz CT molecular complexity index is 3820. The van der Waals surface area contributed by atoms with Gasteiger partial charge in [-0.3, -0.25) is 52.9 Å². The van der Waals surface area contributed by atoms with Gasteiger partial charge in [-0.05, 0) is 103 Å². The van der Waals surface area contributed by atoms with Crippen LogP contribution >= 0.6 is 15.9 Å². The van der Waals surface area contributed by atoms with E-state index in [2.05, 4.69) is 63.5 Å². The van der Waals surface area contributed by atoms with Crippen LogP contribution in [-0.4, -0.2) is 166 Å². The van der Waals surface area contributed by atoms with Crippen LogP contribution in [-0.2, 0) is 80.0 Å². The van der Waals surface area contributed by atoms with Crippen LogP contribution in [0.5, 0.6) is 5.75 Å². The molecule has 0 bridgehead atoms. The summed E-state index contributed by atoms with van der Waals surface area (Å²) in [5, 5.41) is 38.4. The molecule has 0 radical (unpaired) electrons. The third-order valence-electron chi connectivity index (χ3n) is 16.1. The number of aliphatic hydroxyl groups excluding tert-OH is 1. The number of phenolic OH excluding ortho intramolecular Hbond substituents is 1. The van der Waals surface area contributed by atoms with Crippen molar-refractivity contribution in [2.45, 2.75) is 132 Å². The number of aromatic nitrogens is 1. The van der Waals surface area contributed by atoms with Crippen molar-refractivity contribution >= 4 is 91.9 Å². The first-order chi connectivity index (χ1) is 47.8. The molecule has 0 aliphatic carbocycles. The molecule has 1 aromatic heterocycles. The van der Waals surface area contributed by atoms with Gasteiger partial charge in [-0.1, -0.05) is 133 Å². The molecule has 10 amide bonds. The van der Waals surface area contributed by atoms with Gasteiger partial charge in [-0.15, -0.1) is 0 Å². The number of amides is 10. The molecule has 0 spiro atoms. The van der Waals surface area contributed by atoms with Crippen LogP contribution in [0.3, 0.4) is 0 Å². The van der Waals surface area contributed by atoms with Gasteiger partial charge in [0.05, 0.1) is 19.2 Å². The summed E-state index contributed by atoms with van der Waals surface area (Å²) in [6.45, 7) is 2.12. The molecular weight excluding hydrogens is 1310 g/mol. The number of rotatable bonds is 36. The number of carbonyl (C=O) groups is 10. The van der Waals surface area contributed by atoms with Crippen LogP contribution in [0.2, 0.25) is 4.24 Å². The maximum atomic E-state index is 15.1. The van der Waals surface area contributed by atoms with Gasteiger partial charge in [0, 0.05) is 60.3 Å². The smallest absolute Gasteiger partial charge is 0.245 e. The standard InChI is InChI=1S/C69H86BrN15O12/c1-40(2)31-52(61(90)78-51(19-11-29-75-69(73)74)68(97)85-30-12-20-58(85)67(96)77-38-59(72)88)80-63(92)54(33-42-15-7-4-8-16-42)81-64(93)55(35-44-23-27-47(87)28-24-44)82-66(95)57(39-86)84-65(94)56(36-45-37-76-50-18-10-9-17-48(45)50)83-62(91)53(34-43-21-25-46(70)26-22-43)79-60(89)49(71)32-41-13-5-3-6-14-41/h3-10,13-18,21-28,37,40,49,51-58,76,86-87H,11-12,19-20,29-36,38-39,71H2,1-2H3,(H2,72,88)(H,77,96)(H,78,90)(H,79,89)(H,80,92)(H,81,93)(H,82,95)(H,83,91)(H,84,94)(H4,73,74,75)/t49-,51+,52+,53+,54+,55+,56+,57+,58+/m1/s1/i/hD3. The maximum absolute atomic E-state index is 15.1. The third-order valence-corrected chi connectivity index (χ3v) is 16.6. The predicted molar refractivity (Wildman–Crippen MR) is 367 cm³/mol. The second-order valence-corrected chi connectivity index (χ2v) is 25.0. The molecule has 1 aliphatic rings. The number of aliphatic hydroxyl groups is 1. The van der Waals surface area contributed by atoms with E-state index >= 15 is 4.79 Å². The van der Waals surface area contributed by atoms with Crippen molar-refractivity contribution in [1.82, 2.24) is 52.4 Å². The van der Waals surface area contributed by atoms with E-state index < -0.39 is 133 Å². The number of H-pyrrole nitrogens is 1. The van der Waals surface area contributed by atoms with Gasteiger partial charge >= 0.3 is 0 Å². The van der Waals surface area contributed by atoms with Crippen molar-refractivity contribution < 1.29 is 62.4 Å². The highest BCUT2D eigenvalue weighted by Gasteiger charge is 2.40. The van der Waals surface area contributed by atoms with Gasteiger partial charge in [0.1, 0.15) is 55.5 Å². The quantitative estimate of drug-likeness (QED) is 0.0145. The Balaban J connectivity index is 1.17. The van der Waals surface area contributed by atoms with E-state index in [0.717, 1.165) is 0 Å². The Hall–Kier alpha value is -10.2.